The third-order valence-corrected chi connectivity index (χ3v) is 4.72. The molecular weight excluding hydrogens is 306 g/mol. The Kier molecular flexibility index (Phi) is 5.15. The molecule has 0 atom stereocenters. The highest BCUT2D eigenvalue weighted by molar-refractivity contribution is 7.99. The zero-order chi connectivity index (χ0) is 16.1. The maximum atomic E-state index is 4.31. The molecule has 5 nitrogen and oxygen atoms in total. The van der Waals surface area contributed by atoms with E-state index in [9.17, 15) is 0 Å². The molecule has 0 aliphatic heterocycles. The Hall–Kier alpha value is -2.05. The Morgan fingerprint density at radius 1 is 1.26 bits per heavy atom. The minimum atomic E-state index is 0.806. The molecule has 0 amide bonds. The molecule has 0 spiro atoms. The highest BCUT2D eigenvalue weighted by Gasteiger charge is 2.07. The molecule has 0 aliphatic rings. The Labute approximate surface area is 140 Å². The molecule has 0 bridgehead atoms. The van der Waals surface area contributed by atoms with Crippen LogP contribution >= 0.6 is 11.8 Å². The second-order valence-electron chi connectivity index (χ2n) is 5.48. The minimum Gasteiger partial charge on any atom is -0.329 e. The number of thioether (sulfide) groups is 1. The molecule has 0 aliphatic carbocycles. The van der Waals surface area contributed by atoms with Crippen molar-refractivity contribution in [2.24, 2.45) is 7.05 Å². The predicted octanol–water partition coefficient (Wildman–Crippen LogP) is 3.00. The molecular formula is C17H21N5S. The zero-order valence-corrected chi connectivity index (χ0v) is 14.2. The van der Waals surface area contributed by atoms with Gasteiger partial charge in [-0.2, -0.15) is 5.10 Å². The fourth-order valence-electron chi connectivity index (χ4n) is 2.34. The first-order chi connectivity index (χ1) is 11.2. The minimum absolute atomic E-state index is 0.806. The number of aryl methyl sites for hydroxylation is 2. The summed E-state index contributed by atoms with van der Waals surface area (Å²) in [6.07, 6.45) is 5.69. The van der Waals surface area contributed by atoms with E-state index < -0.39 is 0 Å². The fraction of sp³-hybridized carbons (Fsp3) is 0.294. The molecule has 23 heavy (non-hydrogen) atoms. The lowest BCUT2D eigenvalue weighted by Crippen LogP contribution is -2.16. The summed E-state index contributed by atoms with van der Waals surface area (Å²) in [5, 5.41) is 11.8. The lowest BCUT2D eigenvalue weighted by molar-refractivity contribution is 0.730. The molecule has 120 valence electrons. The molecule has 3 rings (SSSR count). The van der Waals surface area contributed by atoms with Crippen molar-refractivity contribution in [3.8, 4) is 11.3 Å². The van der Waals surface area contributed by atoms with Crippen molar-refractivity contribution in [3.63, 3.8) is 0 Å². The maximum Gasteiger partial charge on any atom is 0.167 e. The number of hydrogen-bond donors (Lipinski definition) is 2. The van der Waals surface area contributed by atoms with Crippen molar-refractivity contribution >= 4 is 11.8 Å². The highest BCUT2D eigenvalue weighted by Crippen LogP contribution is 2.21. The van der Waals surface area contributed by atoms with Crippen LogP contribution in [0.1, 0.15) is 11.1 Å². The quantitative estimate of drug-likeness (QED) is 0.517. The molecule has 2 N–H and O–H groups in total. The van der Waals surface area contributed by atoms with Gasteiger partial charge in [-0.1, -0.05) is 41.6 Å². The summed E-state index contributed by atoms with van der Waals surface area (Å²) in [5.41, 5.74) is 4.72. The number of hydrogen-bond acceptors (Lipinski definition) is 4. The maximum absolute atomic E-state index is 4.31. The van der Waals surface area contributed by atoms with Gasteiger partial charge in [0.15, 0.2) is 5.16 Å². The molecule has 3 aromatic rings. The second-order valence-corrected chi connectivity index (χ2v) is 6.54. The van der Waals surface area contributed by atoms with Crippen LogP contribution in [0, 0.1) is 6.92 Å². The van der Waals surface area contributed by atoms with Crippen LogP contribution < -0.4 is 5.32 Å². The molecule has 6 heteroatoms. The summed E-state index contributed by atoms with van der Waals surface area (Å²) in [6, 6.07) is 8.50. The smallest absolute Gasteiger partial charge is 0.167 e. The number of nitrogens with one attached hydrogen (secondary N) is 2. The van der Waals surface area contributed by atoms with E-state index in [1.165, 1.54) is 16.7 Å². The van der Waals surface area contributed by atoms with Crippen LogP contribution in [0.25, 0.3) is 11.3 Å². The van der Waals surface area contributed by atoms with Crippen LogP contribution in [0.4, 0.5) is 0 Å². The normalized spacial score (nSPS) is 11.0. The third kappa shape index (κ3) is 4.03. The second kappa shape index (κ2) is 7.48. The van der Waals surface area contributed by atoms with Crippen molar-refractivity contribution in [3.05, 3.63) is 54.0 Å². The summed E-state index contributed by atoms with van der Waals surface area (Å²) in [6.45, 7) is 3.83. The Bertz CT molecular complexity index is 744. The van der Waals surface area contributed by atoms with Gasteiger partial charge < -0.3 is 9.88 Å². The van der Waals surface area contributed by atoms with E-state index in [2.05, 4.69) is 51.7 Å². The van der Waals surface area contributed by atoms with E-state index in [4.69, 9.17) is 0 Å². The summed E-state index contributed by atoms with van der Waals surface area (Å²) in [7, 11) is 2.02. The molecule has 0 fully saturated rings. The first-order valence-electron chi connectivity index (χ1n) is 7.64. The number of rotatable bonds is 7. The van der Waals surface area contributed by atoms with Crippen LogP contribution in [0.15, 0.2) is 48.0 Å². The largest absolute Gasteiger partial charge is 0.329 e. The Balaban J connectivity index is 1.50. The number of aromatic nitrogens is 4. The number of H-pyrrole nitrogens is 1. The Morgan fingerprint density at radius 3 is 2.83 bits per heavy atom. The number of imidazole rings is 1. The van der Waals surface area contributed by atoms with Gasteiger partial charge in [-0.3, -0.25) is 5.10 Å². The van der Waals surface area contributed by atoms with E-state index >= 15 is 0 Å². The van der Waals surface area contributed by atoms with Gasteiger partial charge in [-0.05, 0) is 12.5 Å². The van der Waals surface area contributed by atoms with Gasteiger partial charge in [-0.25, -0.2) is 4.98 Å². The highest BCUT2D eigenvalue weighted by atomic mass is 32.2. The monoisotopic (exact) mass is 327 g/mol. The van der Waals surface area contributed by atoms with Gasteiger partial charge >= 0.3 is 0 Å². The van der Waals surface area contributed by atoms with Crippen molar-refractivity contribution < 1.29 is 0 Å². The lowest BCUT2D eigenvalue weighted by Gasteiger charge is -2.06. The predicted molar refractivity (Wildman–Crippen MR) is 94.4 cm³/mol. The summed E-state index contributed by atoms with van der Waals surface area (Å²) in [4.78, 5) is 4.31. The van der Waals surface area contributed by atoms with Crippen LogP contribution in [0.5, 0.6) is 0 Å². The van der Waals surface area contributed by atoms with Gasteiger partial charge in [0.05, 0.1) is 11.9 Å². The van der Waals surface area contributed by atoms with E-state index in [0.29, 0.717) is 0 Å². The Morgan fingerprint density at radius 2 is 2.09 bits per heavy atom. The molecule has 1 aromatic carbocycles. The average Bonchev–Trinajstić information content (AvgIpc) is 3.17. The number of aromatic amines is 1. The molecule has 0 unspecified atom stereocenters. The standard InChI is InChI=1S/C17H21N5S/c1-13-3-5-14(6-4-13)16-15(12-20-21-16)11-18-8-10-23-17-19-7-9-22(17)2/h3-7,9,12,18H,8,10-11H2,1-2H3,(H,20,21). The zero-order valence-electron chi connectivity index (χ0n) is 13.4. The average molecular weight is 327 g/mol. The van der Waals surface area contributed by atoms with E-state index in [1.807, 2.05) is 30.2 Å². The summed E-state index contributed by atoms with van der Waals surface area (Å²) < 4.78 is 2.04. The summed E-state index contributed by atoms with van der Waals surface area (Å²) in [5.74, 6) is 0.989. The van der Waals surface area contributed by atoms with E-state index in [-0.39, 0.29) is 0 Å². The van der Waals surface area contributed by atoms with Crippen LogP contribution in [-0.2, 0) is 13.6 Å². The molecule has 0 radical (unpaired) electrons. The molecule has 2 heterocycles. The van der Waals surface area contributed by atoms with E-state index in [0.717, 1.165) is 29.7 Å². The lowest BCUT2D eigenvalue weighted by atomic mass is 10.1. The van der Waals surface area contributed by atoms with Gasteiger partial charge in [0.25, 0.3) is 0 Å². The number of nitrogens with zero attached hydrogens (tertiary/aromatic N) is 3. The van der Waals surface area contributed by atoms with Gasteiger partial charge in [0.1, 0.15) is 0 Å². The topological polar surface area (TPSA) is 58.5 Å². The fourth-order valence-corrected chi connectivity index (χ4v) is 3.17. The van der Waals surface area contributed by atoms with Crippen LogP contribution in [0.2, 0.25) is 0 Å². The van der Waals surface area contributed by atoms with Crippen molar-refractivity contribution in [1.29, 1.82) is 0 Å². The van der Waals surface area contributed by atoms with Crippen molar-refractivity contribution in [2.75, 3.05) is 12.3 Å². The SMILES string of the molecule is Cc1ccc(-c2[nH]ncc2CNCCSc2nccn2C)cc1. The van der Waals surface area contributed by atoms with Gasteiger partial charge in [-0.15, -0.1) is 0 Å². The summed E-state index contributed by atoms with van der Waals surface area (Å²) >= 11 is 1.76. The van der Waals surface area contributed by atoms with Crippen molar-refractivity contribution in [1.82, 2.24) is 25.1 Å². The first kappa shape index (κ1) is 15.8. The van der Waals surface area contributed by atoms with Gasteiger partial charge in [0, 0.05) is 43.8 Å². The van der Waals surface area contributed by atoms with Crippen molar-refractivity contribution in [2.45, 2.75) is 18.6 Å². The molecule has 2 aromatic heterocycles. The van der Waals surface area contributed by atoms with Crippen LogP contribution in [-0.4, -0.2) is 32.0 Å². The number of benzene rings is 1. The van der Waals surface area contributed by atoms with Crippen LogP contribution in [0.3, 0.4) is 0 Å². The third-order valence-electron chi connectivity index (χ3n) is 3.66. The van der Waals surface area contributed by atoms with Gasteiger partial charge in [0.2, 0.25) is 0 Å². The molecule has 0 saturated heterocycles. The first-order valence-corrected chi connectivity index (χ1v) is 8.63. The van der Waals surface area contributed by atoms with E-state index in [1.54, 1.807) is 11.8 Å². The molecule has 0 saturated carbocycles.